The van der Waals surface area contributed by atoms with Crippen molar-refractivity contribution in [1.82, 2.24) is 9.97 Å². The molecule has 0 aliphatic heterocycles. The van der Waals surface area contributed by atoms with Crippen molar-refractivity contribution in [2.45, 2.75) is 13.8 Å². The van der Waals surface area contributed by atoms with Gasteiger partial charge in [-0.25, -0.2) is 4.98 Å². The van der Waals surface area contributed by atoms with Crippen LogP contribution in [-0.2, 0) is 0 Å². The highest BCUT2D eigenvalue weighted by atomic mass is 16.3. The molecular formula is C25H21N5O. The van der Waals surface area contributed by atoms with Gasteiger partial charge in [-0.05, 0) is 85.1 Å². The zero-order valence-corrected chi connectivity index (χ0v) is 17.3. The largest absolute Gasteiger partial charge is 0.464 e. The molecule has 6 heteroatoms. The Kier molecular flexibility index (Phi) is 5.50. The van der Waals surface area contributed by atoms with Crippen molar-refractivity contribution < 1.29 is 4.42 Å². The Labute approximate surface area is 180 Å². The monoisotopic (exact) mass is 407 g/mol. The van der Waals surface area contributed by atoms with E-state index < -0.39 is 0 Å². The molecular weight excluding hydrogens is 386 g/mol. The third-order valence-corrected chi connectivity index (χ3v) is 4.88. The van der Waals surface area contributed by atoms with Crippen LogP contribution in [0.25, 0.3) is 5.57 Å². The van der Waals surface area contributed by atoms with Crippen LogP contribution in [0.5, 0.6) is 0 Å². The Balaban J connectivity index is 1.54. The lowest BCUT2D eigenvalue weighted by Gasteiger charge is -2.15. The van der Waals surface area contributed by atoms with Crippen LogP contribution in [-0.4, -0.2) is 9.97 Å². The number of rotatable bonds is 6. The van der Waals surface area contributed by atoms with Gasteiger partial charge in [0.1, 0.15) is 11.6 Å². The summed E-state index contributed by atoms with van der Waals surface area (Å²) in [6, 6.07) is 19.0. The molecule has 0 saturated carbocycles. The van der Waals surface area contributed by atoms with Crippen LogP contribution in [0.4, 0.5) is 23.1 Å². The van der Waals surface area contributed by atoms with Gasteiger partial charge in [-0.3, -0.25) is 0 Å². The van der Waals surface area contributed by atoms with Crippen molar-refractivity contribution in [1.29, 1.82) is 5.26 Å². The predicted molar refractivity (Wildman–Crippen MR) is 123 cm³/mol. The molecule has 4 aromatic rings. The van der Waals surface area contributed by atoms with E-state index in [0.29, 0.717) is 17.3 Å². The first-order valence-electron chi connectivity index (χ1n) is 9.75. The molecule has 0 radical (unpaired) electrons. The van der Waals surface area contributed by atoms with Gasteiger partial charge < -0.3 is 15.1 Å². The number of benzene rings is 2. The van der Waals surface area contributed by atoms with Crippen molar-refractivity contribution in [3.8, 4) is 6.07 Å². The zero-order valence-electron chi connectivity index (χ0n) is 17.3. The van der Waals surface area contributed by atoms with Gasteiger partial charge in [0.2, 0.25) is 5.95 Å². The molecule has 0 fully saturated rings. The van der Waals surface area contributed by atoms with Gasteiger partial charge in [-0.2, -0.15) is 10.2 Å². The number of nitriles is 1. The van der Waals surface area contributed by atoms with E-state index in [2.05, 4.69) is 45.4 Å². The summed E-state index contributed by atoms with van der Waals surface area (Å²) in [5.41, 5.74) is 6.40. The molecule has 31 heavy (non-hydrogen) atoms. The third-order valence-electron chi connectivity index (χ3n) is 4.88. The van der Waals surface area contributed by atoms with E-state index in [1.165, 1.54) is 0 Å². The third kappa shape index (κ3) is 4.46. The first-order chi connectivity index (χ1) is 15.0. The summed E-state index contributed by atoms with van der Waals surface area (Å²) in [6.45, 7) is 8.26. The number of nitrogens with one attached hydrogen (secondary N) is 2. The lowest BCUT2D eigenvalue weighted by Crippen LogP contribution is -2.03. The molecule has 2 aromatic heterocycles. The minimum Gasteiger partial charge on any atom is -0.464 e. The minimum absolute atomic E-state index is 0.466. The lowest BCUT2D eigenvalue weighted by molar-refractivity contribution is 0.554. The number of aryl methyl sites for hydroxylation is 2. The highest BCUT2D eigenvalue weighted by Crippen LogP contribution is 2.30. The second-order valence-electron chi connectivity index (χ2n) is 7.15. The smallest absolute Gasteiger partial charge is 0.229 e. The van der Waals surface area contributed by atoms with Gasteiger partial charge in [-0.1, -0.05) is 6.58 Å². The highest BCUT2D eigenvalue weighted by molar-refractivity contribution is 5.79. The standard InChI is InChI=1S/C25H21N5O/c1-16-13-20(18(3)22-5-4-12-31-22)14-17(2)24(16)29-23-10-11-27-25(30-23)28-21-8-6-19(15-26)7-9-21/h4-14H,3H2,1-2H3,(H2,27,28,29,30). The van der Waals surface area contributed by atoms with Crippen LogP contribution in [0, 0.1) is 25.2 Å². The first kappa shape index (κ1) is 19.9. The first-order valence-corrected chi connectivity index (χ1v) is 9.75. The fraction of sp³-hybridized carbons (Fsp3) is 0.0800. The Morgan fingerprint density at radius 1 is 1.03 bits per heavy atom. The molecule has 0 amide bonds. The normalized spacial score (nSPS) is 10.4. The summed E-state index contributed by atoms with van der Waals surface area (Å²) in [5, 5.41) is 15.5. The van der Waals surface area contributed by atoms with E-state index in [-0.39, 0.29) is 0 Å². The maximum absolute atomic E-state index is 8.92. The molecule has 0 aliphatic rings. The van der Waals surface area contributed by atoms with Crippen LogP contribution in [0.2, 0.25) is 0 Å². The van der Waals surface area contributed by atoms with Gasteiger partial charge in [0.25, 0.3) is 0 Å². The Morgan fingerprint density at radius 2 is 1.77 bits per heavy atom. The van der Waals surface area contributed by atoms with E-state index in [9.17, 15) is 0 Å². The van der Waals surface area contributed by atoms with Crippen LogP contribution < -0.4 is 10.6 Å². The summed E-state index contributed by atoms with van der Waals surface area (Å²) in [6.07, 6.45) is 3.34. The summed E-state index contributed by atoms with van der Waals surface area (Å²) in [4.78, 5) is 8.84. The van der Waals surface area contributed by atoms with Crippen molar-refractivity contribution in [2.24, 2.45) is 0 Å². The molecule has 6 nitrogen and oxygen atoms in total. The van der Waals surface area contributed by atoms with E-state index in [1.54, 1.807) is 24.6 Å². The molecule has 2 heterocycles. The van der Waals surface area contributed by atoms with Crippen molar-refractivity contribution in [2.75, 3.05) is 10.6 Å². The molecule has 0 aliphatic carbocycles. The average molecular weight is 407 g/mol. The topological polar surface area (TPSA) is 86.8 Å². The van der Waals surface area contributed by atoms with E-state index >= 15 is 0 Å². The van der Waals surface area contributed by atoms with E-state index in [0.717, 1.165) is 39.4 Å². The molecule has 0 unspecified atom stereocenters. The van der Waals surface area contributed by atoms with Crippen LogP contribution >= 0.6 is 0 Å². The van der Waals surface area contributed by atoms with Crippen molar-refractivity contribution in [3.63, 3.8) is 0 Å². The SMILES string of the molecule is C=C(c1cc(C)c(Nc2ccnc(Nc3ccc(C#N)cc3)n2)c(C)c1)c1ccco1. The Bertz CT molecular complexity index is 1250. The lowest BCUT2D eigenvalue weighted by atomic mass is 9.98. The minimum atomic E-state index is 0.466. The fourth-order valence-electron chi connectivity index (χ4n) is 3.30. The highest BCUT2D eigenvalue weighted by Gasteiger charge is 2.11. The van der Waals surface area contributed by atoms with Gasteiger partial charge in [-0.15, -0.1) is 0 Å². The maximum atomic E-state index is 8.92. The van der Waals surface area contributed by atoms with Crippen LogP contribution in [0.15, 0.2) is 78.1 Å². The Hall–Kier alpha value is -4.37. The molecule has 152 valence electrons. The van der Waals surface area contributed by atoms with Gasteiger partial charge in [0.15, 0.2) is 0 Å². The van der Waals surface area contributed by atoms with E-state index in [1.807, 2.05) is 44.2 Å². The number of nitrogens with zero attached hydrogens (tertiary/aromatic N) is 3. The summed E-state index contributed by atoms with van der Waals surface area (Å²) >= 11 is 0. The summed E-state index contributed by atoms with van der Waals surface area (Å²) < 4.78 is 5.48. The quantitative estimate of drug-likeness (QED) is 0.401. The molecule has 2 aromatic carbocycles. The number of aromatic nitrogens is 2. The predicted octanol–water partition coefficient (Wildman–Crippen LogP) is 6.11. The second kappa shape index (κ2) is 8.56. The van der Waals surface area contributed by atoms with Crippen LogP contribution in [0.1, 0.15) is 28.0 Å². The van der Waals surface area contributed by atoms with Crippen molar-refractivity contribution >= 4 is 28.7 Å². The molecule has 0 bridgehead atoms. The number of furan rings is 1. The summed E-state index contributed by atoms with van der Waals surface area (Å²) in [5.74, 6) is 1.90. The second-order valence-corrected chi connectivity index (χ2v) is 7.15. The zero-order chi connectivity index (χ0) is 21.8. The van der Waals surface area contributed by atoms with Gasteiger partial charge >= 0.3 is 0 Å². The molecule has 4 rings (SSSR count). The number of hydrogen-bond acceptors (Lipinski definition) is 6. The van der Waals surface area contributed by atoms with Crippen LogP contribution in [0.3, 0.4) is 0 Å². The van der Waals surface area contributed by atoms with Crippen molar-refractivity contribution in [3.05, 3.63) is 102 Å². The number of hydrogen-bond donors (Lipinski definition) is 2. The number of anilines is 4. The molecule has 0 spiro atoms. The van der Waals surface area contributed by atoms with E-state index in [4.69, 9.17) is 9.68 Å². The maximum Gasteiger partial charge on any atom is 0.229 e. The molecule has 0 atom stereocenters. The Morgan fingerprint density at radius 3 is 2.42 bits per heavy atom. The molecule has 2 N–H and O–H groups in total. The fourth-order valence-corrected chi connectivity index (χ4v) is 3.30. The van der Waals surface area contributed by atoms with Gasteiger partial charge in [0, 0.05) is 23.1 Å². The van der Waals surface area contributed by atoms with Gasteiger partial charge in [0.05, 0.1) is 17.9 Å². The molecule has 0 saturated heterocycles. The average Bonchev–Trinajstić information content (AvgIpc) is 3.31. The summed E-state index contributed by atoms with van der Waals surface area (Å²) in [7, 11) is 0.